The molecule has 41 heavy (non-hydrogen) atoms. The van der Waals surface area contributed by atoms with Crippen molar-refractivity contribution in [3.63, 3.8) is 0 Å². The van der Waals surface area contributed by atoms with Crippen LogP contribution in [-0.2, 0) is 17.8 Å². The largest absolute Gasteiger partial charge is 0.487 e. The number of aryl methyl sites for hydroxylation is 2. The van der Waals surface area contributed by atoms with E-state index in [-0.39, 0.29) is 6.42 Å². The van der Waals surface area contributed by atoms with Gasteiger partial charge in [-0.25, -0.2) is 0 Å². The monoisotopic (exact) mass is 554 g/mol. The van der Waals surface area contributed by atoms with Crippen molar-refractivity contribution in [1.82, 2.24) is 4.90 Å². The van der Waals surface area contributed by atoms with Gasteiger partial charge in [-0.3, -0.25) is 9.79 Å². The summed E-state index contributed by atoms with van der Waals surface area (Å²) in [6.07, 6.45) is 16.8. The summed E-state index contributed by atoms with van der Waals surface area (Å²) < 4.78 is 5.86. The van der Waals surface area contributed by atoms with Gasteiger partial charge >= 0.3 is 5.97 Å². The lowest BCUT2D eigenvalue weighted by atomic mass is 10.0. The third-order valence-corrected chi connectivity index (χ3v) is 6.31. The second-order valence-electron chi connectivity index (χ2n) is 10.8. The zero-order valence-corrected chi connectivity index (χ0v) is 25.6. The SMILES string of the molecule is C=C(/C=C\C=C/C)/C=C(\C(=C/C)N=CCCCc1ccc(OC(C)(C)CC(=O)O)cc1)N(C)Cc1cccc(C)c1. The summed E-state index contributed by atoms with van der Waals surface area (Å²) in [4.78, 5) is 18.1. The van der Waals surface area contributed by atoms with Crippen LogP contribution in [0.2, 0.25) is 0 Å². The number of rotatable bonds is 16. The van der Waals surface area contributed by atoms with E-state index < -0.39 is 11.6 Å². The third-order valence-electron chi connectivity index (χ3n) is 6.31. The lowest BCUT2D eigenvalue weighted by Crippen LogP contribution is -2.31. The van der Waals surface area contributed by atoms with Gasteiger partial charge in [0.1, 0.15) is 11.4 Å². The number of carboxylic acid groups (broad SMARTS) is 1. The summed E-state index contributed by atoms with van der Waals surface area (Å²) in [7, 11) is 2.09. The summed E-state index contributed by atoms with van der Waals surface area (Å²) in [6.45, 7) is 14.7. The average Bonchev–Trinajstić information content (AvgIpc) is 2.90. The highest BCUT2D eigenvalue weighted by molar-refractivity contribution is 5.68. The van der Waals surface area contributed by atoms with E-state index in [0.717, 1.165) is 42.8 Å². The Hall–Kier alpha value is -4.12. The van der Waals surface area contributed by atoms with Gasteiger partial charge in [-0.15, -0.1) is 0 Å². The Labute approximate surface area is 247 Å². The molecule has 0 saturated heterocycles. The molecule has 0 amide bonds. The van der Waals surface area contributed by atoms with Crippen molar-refractivity contribution in [2.75, 3.05) is 7.05 Å². The molecule has 2 aromatic rings. The number of ether oxygens (including phenoxy) is 1. The van der Waals surface area contributed by atoms with Crippen molar-refractivity contribution in [3.05, 3.63) is 125 Å². The molecular weight excluding hydrogens is 508 g/mol. The molecule has 0 atom stereocenters. The van der Waals surface area contributed by atoms with Crippen LogP contribution in [0.1, 0.15) is 63.6 Å². The molecular formula is C36H46N2O3. The average molecular weight is 555 g/mol. The fourth-order valence-corrected chi connectivity index (χ4v) is 4.36. The molecule has 0 unspecified atom stereocenters. The zero-order chi connectivity index (χ0) is 30.3. The van der Waals surface area contributed by atoms with Crippen molar-refractivity contribution in [1.29, 1.82) is 0 Å². The Morgan fingerprint density at radius 1 is 1.10 bits per heavy atom. The Morgan fingerprint density at radius 2 is 1.83 bits per heavy atom. The highest BCUT2D eigenvalue weighted by Gasteiger charge is 2.23. The van der Waals surface area contributed by atoms with Crippen LogP contribution in [0.25, 0.3) is 0 Å². The molecule has 0 spiro atoms. The lowest BCUT2D eigenvalue weighted by molar-refractivity contribution is -0.140. The second-order valence-corrected chi connectivity index (χ2v) is 10.8. The number of carbonyl (C=O) groups is 1. The maximum absolute atomic E-state index is 11.0. The maximum atomic E-state index is 11.0. The summed E-state index contributed by atoms with van der Waals surface area (Å²) in [5.74, 6) is -0.198. The van der Waals surface area contributed by atoms with Gasteiger partial charge in [0.25, 0.3) is 0 Å². The van der Waals surface area contributed by atoms with Crippen LogP contribution in [-0.4, -0.2) is 34.8 Å². The first kappa shape index (κ1) is 33.1. The van der Waals surface area contributed by atoms with Gasteiger partial charge in [-0.2, -0.15) is 0 Å². The third kappa shape index (κ3) is 12.7. The highest BCUT2D eigenvalue weighted by atomic mass is 16.5. The van der Waals surface area contributed by atoms with Crippen LogP contribution >= 0.6 is 0 Å². The first-order chi connectivity index (χ1) is 19.5. The predicted octanol–water partition coefficient (Wildman–Crippen LogP) is 8.63. The van der Waals surface area contributed by atoms with Crippen LogP contribution < -0.4 is 4.74 Å². The van der Waals surface area contributed by atoms with Gasteiger partial charge in [0, 0.05) is 19.8 Å². The normalized spacial score (nSPS) is 12.9. The molecule has 218 valence electrons. The van der Waals surface area contributed by atoms with Gasteiger partial charge in [0.05, 0.1) is 17.8 Å². The molecule has 0 fully saturated rings. The van der Waals surface area contributed by atoms with E-state index in [1.165, 1.54) is 16.7 Å². The smallest absolute Gasteiger partial charge is 0.307 e. The highest BCUT2D eigenvalue weighted by Crippen LogP contribution is 2.23. The number of aliphatic imine (C=N–C) groups is 1. The first-order valence-electron chi connectivity index (χ1n) is 14.2. The Balaban J connectivity index is 2.05. The number of allylic oxidation sites excluding steroid dienone is 7. The molecule has 0 heterocycles. The number of nitrogens with zero attached hydrogens (tertiary/aromatic N) is 2. The van der Waals surface area contributed by atoms with Crippen molar-refractivity contribution in [2.45, 2.75) is 72.4 Å². The van der Waals surface area contributed by atoms with Crippen molar-refractivity contribution in [3.8, 4) is 5.75 Å². The van der Waals surface area contributed by atoms with Gasteiger partial charge in [-0.05, 0) is 88.8 Å². The van der Waals surface area contributed by atoms with Gasteiger partial charge in [0.15, 0.2) is 0 Å². The number of carboxylic acids is 1. The standard InChI is InChI=1S/C36H46N2O3/c1-8-10-11-15-29(4)25-34(38(7)27-31-18-14-16-28(3)24-31)33(9-2)37-23-13-12-17-30-19-21-32(22-20-30)41-36(5,6)26-35(39)40/h8-11,14-16,18-25H,4,12-13,17,26-27H2,1-3,5-7H3,(H,39,40)/b10-8-,15-11-,33-9+,34-25+,37-23?. The van der Waals surface area contributed by atoms with Crippen molar-refractivity contribution in [2.24, 2.45) is 4.99 Å². The van der Waals surface area contributed by atoms with Crippen LogP contribution in [0.4, 0.5) is 0 Å². The second kappa shape index (κ2) is 16.9. The van der Waals surface area contributed by atoms with E-state index in [9.17, 15) is 4.79 Å². The fourth-order valence-electron chi connectivity index (χ4n) is 4.36. The van der Waals surface area contributed by atoms with E-state index in [1.54, 1.807) is 13.8 Å². The molecule has 0 radical (unpaired) electrons. The van der Waals surface area contributed by atoms with Crippen molar-refractivity contribution < 1.29 is 14.6 Å². The minimum atomic E-state index is -0.874. The molecule has 1 N–H and O–H groups in total. The maximum Gasteiger partial charge on any atom is 0.307 e. The molecule has 0 aliphatic rings. The molecule has 2 rings (SSSR count). The molecule has 0 aliphatic heterocycles. The first-order valence-corrected chi connectivity index (χ1v) is 14.2. The quantitative estimate of drug-likeness (QED) is 0.128. The number of benzene rings is 2. The Kier molecular flexibility index (Phi) is 13.6. The molecule has 0 aliphatic carbocycles. The van der Waals surface area contributed by atoms with Gasteiger partial charge in [0.2, 0.25) is 0 Å². The minimum absolute atomic E-state index is 0.0537. The fraction of sp³-hybridized carbons (Fsp3) is 0.333. The summed E-state index contributed by atoms with van der Waals surface area (Å²) in [5, 5.41) is 9.06. The predicted molar refractivity (Wildman–Crippen MR) is 172 cm³/mol. The Morgan fingerprint density at radius 3 is 2.46 bits per heavy atom. The van der Waals surface area contributed by atoms with Gasteiger partial charge in [-0.1, -0.05) is 78.9 Å². The number of likely N-dealkylation sites (N-methyl/N-ethyl adjacent to an activating group) is 1. The van der Waals surface area contributed by atoms with Crippen LogP contribution in [0.15, 0.2) is 114 Å². The number of hydrogen-bond donors (Lipinski definition) is 1. The van der Waals surface area contributed by atoms with Gasteiger partial charge < -0.3 is 14.7 Å². The van der Waals surface area contributed by atoms with E-state index in [0.29, 0.717) is 5.75 Å². The molecule has 5 heteroatoms. The van der Waals surface area contributed by atoms with Crippen LogP contribution in [0.5, 0.6) is 5.75 Å². The lowest BCUT2D eigenvalue weighted by Gasteiger charge is -2.24. The molecule has 0 saturated carbocycles. The minimum Gasteiger partial charge on any atom is -0.487 e. The van der Waals surface area contributed by atoms with Crippen LogP contribution in [0.3, 0.4) is 0 Å². The van der Waals surface area contributed by atoms with E-state index in [4.69, 9.17) is 14.8 Å². The topological polar surface area (TPSA) is 62.1 Å². The molecule has 0 bridgehead atoms. The van der Waals surface area contributed by atoms with E-state index in [2.05, 4.69) is 55.8 Å². The summed E-state index contributed by atoms with van der Waals surface area (Å²) >= 11 is 0. The van der Waals surface area contributed by atoms with E-state index in [1.807, 2.05) is 74.7 Å². The Bertz CT molecular complexity index is 1290. The summed E-state index contributed by atoms with van der Waals surface area (Å²) in [6, 6.07) is 16.5. The molecule has 5 nitrogen and oxygen atoms in total. The van der Waals surface area contributed by atoms with E-state index >= 15 is 0 Å². The van der Waals surface area contributed by atoms with Crippen molar-refractivity contribution >= 4 is 12.2 Å². The number of hydrogen-bond acceptors (Lipinski definition) is 4. The zero-order valence-electron chi connectivity index (χ0n) is 25.6. The number of aliphatic carboxylic acids is 1. The molecule has 2 aromatic carbocycles. The number of unbranched alkanes of at least 4 members (excludes halogenated alkanes) is 1. The molecule has 0 aromatic heterocycles. The summed E-state index contributed by atoms with van der Waals surface area (Å²) in [5.41, 5.74) is 5.76. The van der Waals surface area contributed by atoms with Crippen LogP contribution in [0, 0.1) is 6.92 Å².